The summed E-state index contributed by atoms with van der Waals surface area (Å²) in [6, 6.07) is 7.53. The molecule has 0 spiro atoms. The van der Waals surface area contributed by atoms with Gasteiger partial charge in [0.05, 0.1) is 0 Å². The summed E-state index contributed by atoms with van der Waals surface area (Å²) in [5, 5.41) is 3.47. The molecule has 0 aromatic heterocycles. The molecule has 1 nitrogen and oxygen atoms in total. The fourth-order valence-electron chi connectivity index (χ4n) is 3.03. The number of hydrogen-bond acceptors (Lipinski definition) is 1. The van der Waals surface area contributed by atoms with Gasteiger partial charge >= 0.3 is 0 Å². The Morgan fingerprint density at radius 1 is 1.06 bits per heavy atom. The molecule has 0 radical (unpaired) electrons. The first-order chi connectivity index (χ1) is 8.02. The number of nitrogens with one attached hydrogen (secondary N) is 1. The van der Waals surface area contributed by atoms with E-state index >= 15 is 0 Å². The molecule has 0 amide bonds. The highest BCUT2D eigenvalue weighted by molar-refractivity contribution is 5.35. The molecule has 1 N–H and O–H groups in total. The molecule has 2 rings (SSSR count). The van der Waals surface area contributed by atoms with E-state index in [9.17, 15) is 0 Å². The molecule has 0 bridgehead atoms. The fraction of sp³-hybridized carbons (Fsp3) is 0.625. The van der Waals surface area contributed by atoms with Crippen LogP contribution in [0.2, 0.25) is 0 Å². The number of fused-ring (bicyclic) bond motifs is 1. The van der Waals surface area contributed by atoms with E-state index in [4.69, 9.17) is 0 Å². The highest BCUT2D eigenvalue weighted by Gasteiger charge is 2.25. The maximum absolute atomic E-state index is 3.47. The van der Waals surface area contributed by atoms with Gasteiger partial charge in [-0.05, 0) is 54.8 Å². The Morgan fingerprint density at radius 3 is 2.29 bits per heavy atom. The standard InChI is InChI=1S/C16H25N/c1-16(2,3)15(17-4)14-10-9-12-7-5-6-8-13(12)11-14/h9-11,15,17H,5-8H2,1-4H3. The summed E-state index contributed by atoms with van der Waals surface area (Å²) < 4.78 is 0. The zero-order valence-corrected chi connectivity index (χ0v) is 11.6. The summed E-state index contributed by atoms with van der Waals surface area (Å²) in [5.74, 6) is 0. The minimum absolute atomic E-state index is 0.262. The number of aryl methyl sites for hydroxylation is 2. The van der Waals surface area contributed by atoms with Crippen molar-refractivity contribution >= 4 is 0 Å². The zero-order chi connectivity index (χ0) is 12.5. The Balaban J connectivity index is 2.32. The van der Waals surface area contributed by atoms with E-state index in [1.165, 1.54) is 31.2 Å². The van der Waals surface area contributed by atoms with E-state index in [0.29, 0.717) is 6.04 Å². The molecule has 1 aromatic carbocycles. The summed E-state index contributed by atoms with van der Waals surface area (Å²) >= 11 is 0. The molecule has 1 aliphatic rings. The summed E-state index contributed by atoms with van der Waals surface area (Å²) in [5.41, 5.74) is 4.86. The molecule has 1 aliphatic carbocycles. The smallest absolute Gasteiger partial charge is 0.0366 e. The first-order valence-electron chi connectivity index (χ1n) is 6.81. The van der Waals surface area contributed by atoms with Gasteiger partial charge < -0.3 is 5.32 Å². The van der Waals surface area contributed by atoms with Crippen LogP contribution in [0.15, 0.2) is 18.2 Å². The second-order valence-corrected chi connectivity index (χ2v) is 6.32. The van der Waals surface area contributed by atoms with E-state index in [0.717, 1.165) is 0 Å². The van der Waals surface area contributed by atoms with Crippen molar-refractivity contribution in [2.45, 2.75) is 52.5 Å². The second kappa shape index (κ2) is 4.81. The minimum Gasteiger partial charge on any atom is -0.313 e. The molecule has 0 fully saturated rings. The average molecular weight is 231 g/mol. The summed E-state index contributed by atoms with van der Waals surface area (Å²) in [7, 11) is 2.06. The predicted octanol–water partition coefficient (Wildman–Crippen LogP) is 3.87. The molecular weight excluding hydrogens is 206 g/mol. The largest absolute Gasteiger partial charge is 0.313 e. The summed E-state index contributed by atoms with van der Waals surface area (Å²) in [6.07, 6.45) is 5.26. The molecule has 0 heterocycles. The Hall–Kier alpha value is -0.820. The van der Waals surface area contributed by atoms with Gasteiger partial charge in [0, 0.05) is 6.04 Å². The quantitative estimate of drug-likeness (QED) is 0.814. The van der Waals surface area contributed by atoms with Gasteiger partial charge in [-0.15, -0.1) is 0 Å². The Bertz CT molecular complexity index is 387. The lowest BCUT2D eigenvalue weighted by molar-refractivity contribution is 0.287. The monoisotopic (exact) mass is 231 g/mol. The van der Waals surface area contributed by atoms with Crippen LogP contribution >= 0.6 is 0 Å². The van der Waals surface area contributed by atoms with Crippen LogP contribution in [0.25, 0.3) is 0 Å². The van der Waals surface area contributed by atoms with Crippen molar-refractivity contribution in [2.24, 2.45) is 5.41 Å². The van der Waals surface area contributed by atoms with E-state index < -0.39 is 0 Å². The maximum Gasteiger partial charge on any atom is 0.0366 e. The van der Waals surface area contributed by atoms with Crippen LogP contribution in [0.3, 0.4) is 0 Å². The van der Waals surface area contributed by atoms with Crippen LogP contribution in [-0.4, -0.2) is 7.05 Å². The molecule has 1 unspecified atom stereocenters. The van der Waals surface area contributed by atoms with Gasteiger partial charge in [-0.1, -0.05) is 39.0 Å². The van der Waals surface area contributed by atoms with E-state index in [1.54, 1.807) is 11.1 Å². The lowest BCUT2D eigenvalue weighted by Gasteiger charge is -2.31. The van der Waals surface area contributed by atoms with Gasteiger partial charge in [0.2, 0.25) is 0 Å². The molecule has 0 saturated heterocycles. The lowest BCUT2D eigenvalue weighted by atomic mass is 9.80. The van der Waals surface area contributed by atoms with Gasteiger partial charge in [0.1, 0.15) is 0 Å². The highest BCUT2D eigenvalue weighted by atomic mass is 14.9. The Morgan fingerprint density at radius 2 is 1.71 bits per heavy atom. The molecule has 0 saturated carbocycles. The van der Waals surface area contributed by atoms with Crippen molar-refractivity contribution in [1.29, 1.82) is 0 Å². The molecule has 94 valence electrons. The molecule has 0 aliphatic heterocycles. The Labute approximate surface area is 106 Å². The van der Waals surface area contributed by atoms with Gasteiger partial charge in [0.15, 0.2) is 0 Å². The van der Waals surface area contributed by atoms with Crippen LogP contribution < -0.4 is 5.32 Å². The van der Waals surface area contributed by atoms with Crippen LogP contribution in [0.1, 0.15) is 56.3 Å². The average Bonchev–Trinajstić information content (AvgIpc) is 2.28. The van der Waals surface area contributed by atoms with Crippen LogP contribution in [-0.2, 0) is 12.8 Å². The zero-order valence-electron chi connectivity index (χ0n) is 11.6. The van der Waals surface area contributed by atoms with Gasteiger partial charge in [0.25, 0.3) is 0 Å². The number of hydrogen-bond donors (Lipinski definition) is 1. The number of benzene rings is 1. The maximum atomic E-state index is 3.47. The van der Waals surface area contributed by atoms with Crippen molar-refractivity contribution in [3.05, 3.63) is 34.9 Å². The number of rotatable bonds is 2. The van der Waals surface area contributed by atoms with Crippen molar-refractivity contribution in [1.82, 2.24) is 5.32 Å². The summed E-state index contributed by atoms with van der Waals surface area (Å²) in [4.78, 5) is 0. The van der Waals surface area contributed by atoms with Crippen LogP contribution in [0, 0.1) is 5.41 Å². The fourth-order valence-corrected chi connectivity index (χ4v) is 3.03. The van der Waals surface area contributed by atoms with Gasteiger partial charge in [-0.3, -0.25) is 0 Å². The first-order valence-corrected chi connectivity index (χ1v) is 6.81. The second-order valence-electron chi connectivity index (χ2n) is 6.32. The van der Waals surface area contributed by atoms with Crippen molar-refractivity contribution in [2.75, 3.05) is 7.05 Å². The predicted molar refractivity (Wildman–Crippen MR) is 74.3 cm³/mol. The SMILES string of the molecule is CNC(c1ccc2c(c1)CCCC2)C(C)(C)C. The molecule has 17 heavy (non-hydrogen) atoms. The summed E-state index contributed by atoms with van der Waals surface area (Å²) in [6.45, 7) is 6.90. The van der Waals surface area contributed by atoms with Crippen molar-refractivity contribution < 1.29 is 0 Å². The molecular formula is C16H25N. The van der Waals surface area contributed by atoms with E-state index in [2.05, 4.69) is 51.3 Å². The minimum atomic E-state index is 0.262. The lowest BCUT2D eigenvalue weighted by Crippen LogP contribution is -2.29. The third kappa shape index (κ3) is 2.71. The van der Waals surface area contributed by atoms with Crippen LogP contribution in [0.4, 0.5) is 0 Å². The Kier molecular flexibility index (Phi) is 3.58. The normalized spacial score (nSPS) is 17.6. The topological polar surface area (TPSA) is 12.0 Å². The third-order valence-corrected chi connectivity index (χ3v) is 3.86. The van der Waals surface area contributed by atoms with Gasteiger partial charge in [-0.25, -0.2) is 0 Å². The third-order valence-electron chi connectivity index (χ3n) is 3.86. The van der Waals surface area contributed by atoms with E-state index in [1.807, 2.05) is 0 Å². The van der Waals surface area contributed by atoms with Crippen molar-refractivity contribution in [3.63, 3.8) is 0 Å². The first kappa shape index (κ1) is 12.6. The van der Waals surface area contributed by atoms with Gasteiger partial charge in [-0.2, -0.15) is 0 Å². The van der Waals surface area contributed by atoms with Crippen LogP contribution in [0.5, 0.6) is 0 Å². The molecule has 1 atom stereocenters. The molecule has 1 aromatic rings. The highest BCUT2D eigenvalue weighted by Crippen LogP contribution is 2.34. The molecule has 1 heteroatoms. The van der Waals surface area contributed by atoms with E-state index in [-0.39, 0.29) is 5.41 Å². The van der Waals surface area contributed by atoms with Crippen molar-refractivity contribution in [3.8, 4) is 0 Å².